The molecule has 1 aromatic rings. The van der Waals surface area contributed by atoms with Crippen LogP contribution >= 0.6 is 24.8 Å². The maximum atomic E-state index is 12.1. The number of nitrogens with one attached hydrogen (secondary N) is 2. The third-order valence-corrected chi connectivity index (χ3v) is 4.28. The molecule has 0 bridgehead atoms. The van der Waals surface area contributed by atoms with Gasteiger partial charge in [-0.15, -0.1) is 24.8 Å². The Morgan fingerprint density at radius 1 is 1.35 bits per heavy atom. The van der Waals surface area contributed by atoms with Crippen LogP contribution in [-0.4, -0.2) is 24.0 Å². The molecule has 2 heterocycles. The van der Waals surface area contributed by atoms with Gasteiger partial charge < -0.3 is 10.6 Å². The van der Waals surface area contributed by atoms with Crippen molar-refractivity contribution in [3.8, 4) is 0 Å². The zero-order chi connectivity index (χ0) is 12.4. The number of amides is 1. The maximum Gasteiger partial charge on any atom is 0.224 e. The summed E-state index contributed by atoms with van der Waals surface area (Å²) in [6.45, 7) is 2.67. The highest BCUT2D eigenvalue weighted by Gasteiger charge is 2.57. The Hall–Kier alpha value is -0.840. The second-order valence-corrected chi connectivity index (χ2v) is 5.41. The minimum Gasteiger partial charge on any atom is -0.350 e. The molecule has 2 N–H and O–H groups in total. The normalized spacial score (nSPS) is 22.3. The van der Waals surface area contributed by atoms with Gasteiger partial charge in [0, 0.05) is 12.1 Å². The Bertz CT molecular complexity index is 435. The highest BCUT2D eigenvalue weighted by atomic mass is 35.5. The first kappa shape index (κ1) is 17.2. The minimum atomic E-state index is 0. The van der Waals surface area contributed by atoms with Gasteiger partial charge in [0.1, 0.15) is 0 Å². The molecule has 20 heavy (non-hydrogen) atoms. The number of carbonyl (C=O) groups is 1. The summed E-state index contributed by atoms with van der Waals surface area (Å²) < 4.78 is 0. The van der Waals surface area contributed by atoms with Crippen LogP contribution in [0.5, 0.6) is 0 Å². The molecule has 1 spiro atoms. The van der Waals surface area contributed by atoms with E-state index in [1.165, 1.54) is 0 Å². The highest BCUT2D eigenvalue weighted by Crippen LogP contribution is 2.58. The van der Waals surface area contributed by atoms with Crippen molar-refractivity contribution in [3.05, 3.63) is 30.1 Å². The molecule has 2 fully saturated rings. The summed E-state index contributed by atoms with van der Waals surface area (Å²) in [5, 5.41) is 6.37. The molecule has 1 saturated heterocycles. The second-order valence-electron chi connectivity index (χ2n) is 5.41. The van der Waals surface area contributed by atoms with Gasteiger partial charge in [-0.3, -0.25) is 9.78 Å². The zero-order valence-electron chi connectivity index (χ0n) is 11.3. The first-order valence-corrected chi connectivity index (χ1v) is 6.69. The van der Waals surface area contributed by atoms with E-state index in [-0.39, 0.29) is 36.6 Å². The molecule has 1 aromatic heterocycles. The van der Waals surface area contributed by atoms with E-state index in [2.05, 4.69) is 15.6 Å². The molecule has 1 aliphatic carbocycles. The Kier molecular flexibility index (Phi) is 6.24. The van der Waals surface area contributed by atoms with Crippen molar-refractivity contribution in [2.45, 2.75) is 25.8 Å². The van der Waals surface area contributed by atoms with Crippen LogP contribution in [0.3, 0.4) is 0 Å². The average Bonchev–Trinajstić information content (AvgIpc) is 3.12. The molecule has 0 radical (unpaired) electrons. The van der Waals surface area contributed by atoms with E-state index < -0.39 is 0 Å². The average molecular weight is 318 g/mol. The van der Waals surface area contributed by atoms with Crippen molar-refractivity contribution in [1.29, 1.82) is 0 Å². The monoisotopic (exact) mass is 317 g/mol. The standard InChI is InChI=1S/C14H19N3O.2ClH/c18-13(17-10-11-3-1-2-6-16-11)12-9-14(12)4-7-15-8-5-14;;/h1-3,6,12,15H,4-5,7-10H2,(H,17,18);2*1H. The molecule has 0 aromatic carbocycles. The smallest absolute Gasteiger partial charge is 0.224 e. The summed E-state index contributed by atoms with van der Waals surface area (Å²) in [7, 11) is 0. The molecule has 6 heteroatoms. The summed E-state index contributed by atoms with van der Waals surface area (Å²) in [6, 6.07) is 5.77. The number of nitrogens with zero attached hydrogens (tertiary/aromatic N) is 1. The third kappa shape index (κ3) is 3.62. The van der Waals surface area contributed by atoms with Gasteiger partial charge in [0.15, 0.2) is 0 Å². The zero-order valence-corrected chi connectivity index (χ0v) is 12.9. The number of hydrogen-bond donors (Lipinski definition) is 2. The van der Waals surface area contributed by atoms with Crippen LogP contribution in [0.1, 0.15) is 25.0 Å². The Morgan fingerprint density at radius 3 is 2.75 bits per heavy atom. The fourth-order valence-electron chi connectivity index (χ4n) is 3.00. The number of carbonyl (C=O) groups excluding carboxylic acids is 1. The Morgan fingerprint density at radius 2 is 2.10 bits per heavy atom. The van der Waals surface area contributed by atoms with Crippen LogP contribution in [0.25, 0.3) is 0 Å². The fourth-order valence-corrected chi connectivity index (χ4v) is 3.00. The van der Waals surface area contributed by atoms with E-state index in [4.69, 9.17) is 0 Å². The lowest BCUT2D eigenvalue weighted by atomic mass is 9.92. The predicted octanol–water partition coefficient (Wildman–Crippen LogP) is 1.93. The lowest BCUT2D eigenvalue weighted by Gasteiger charge is -2.23. The molecule has 1 aliphatic heterocycles. The number of rotatable bonds is 3. The lowest BCUT2D eigenvalue weighted by Crippen LogP contribution is -2.33. The topological polar surface area (TPSA) is 54.0 Å². The fraction of sp³-hybridized carbons (Fsp3) is 0.571. The van der Waals surface area contributed by atoms with Crippen molar-refractivity contribution >= 4 is 30.7 Å². The molecule has 1 atom stereocenters. The molecule has 4 nitrogen and oxygen atoms in total. The summed E-state index contributed by atoms with van der Waals surface area (Å²) >= 11 is 0. The van der Waals surface area contributed by atoms with Gasteiger partial charge in [-0.25, -0.2) is 0 Å². The summed E-state index contributed by atoms with van der Waals surface area (Å²) in [5.74, 6) is 0.450. The van der Waals surface area contributed by atoms with E-state index in [1.54, 1.807) is 6.20 Å². The van der Waals surface area contributed by atoms with Crippen LogP contribution < -0.4 is 10.6 Å². The third-order valence-electron chi connectivity index (χ3n) is 4.28. The summed E-state index contributed by atoms with van der Waals surface area (Å²) in [4.78, 5) is 16.3. The van der Waals surface area contributed by atoms with Crippen molar-refractivity contribution in [3.63, 3.8) is 0 Å². The number of halogens is 2. The number of pyridine rings is 1. The SMILES string of the molecule is Cl.Cl.O=C(NCc1ccccn1)C1CC12CCNCC2. The van der Waals surface area contributed by atoms with Crippen molar-refractivity contribution in [2.75, 3.05) is 13.1 Å². The maximum absolute atomic E-state index is 12.1. The summed E-state index contributed by atoms with van der Waals surface area (Å²) in [5.41, 5.74) is 1.24. The lowest BCUT2D eigenvalue weighted by molar-refractivity contribution is -0.123. The predicted molar refractivity (Wildman–Crippen MR) is 83.2 cm³/mol. The Balaban J connectivity index is 0.000001000. The van der Waals surface area contributed by atoms with Crippen LogP contribution in [0.15, 0.2) is 24.4 Å². The molecule has 3 rings (SSSR count). The first-order chi connectivity index (χ1) is 8.80. The molecular weight excluding hydrogens is 297 g/mol. The number of piperidine rings is 1. The molecule has 1 amide bonds. The number of hydrogen-bond acceptors (Lipinski definition) is 3. The van der Waals surface area contributed by atoms with E-state index >= 15 is 0 Å². The van der Waals surface area contributed by atoms with Crippen LogP contribution in [0, 0.1) is 11.3 Å². The van der Waals surface area contributed by atoms with E-state index in [1.807, 2.05) is 18.2 Å². The van der Waals surface area contributed by atoms with Crippen molar-refractivity contribution < 1.29 is 4.79 Å². The van der Waals surface area contributed by atoms with Crippen LogP contribution in [-0.2, 0) is 11.3 Å². The van der Waals surface area contributed by atoms with E-state index in [0.29, 0.717) is 12.0 Å². The van der Waals surface area contributed by atoms with Crippen LogP contribution in [0.4, 0.5) is 0 Å². The molecule has 112 valence electrons. The molecule has 2 aliphatic rings. The largest absolute Gasteiger partial charge is 0.350 e. The van der Waals surface area contributed by atoms with Gasteiger partial charge in [0.2, 0.25) is 5.91 Å². The number of aromatic nitrogens is 1. The minimum absolute atomic E-state index is 0. The first-order valence-electron chi connectivity index (χ1n) is 6.69. The quantitative estimate of drug-likeness (QED) is 0.895. The van der Waals surface area contributed by atoms with Crippen LogP contribution in [0.2, 0.25) is 0 Å². The highest BCUT2D eigenvalue weighted by molar-refractivity contribution is 5.85. The van der Waals surface area contributed by atoms with E-state index in [0.717, 1.165) is 38.0 Å². The van der Waals surface area contributed by atoms with Gasteiger partial charge in [0.25, 0.3) is 0 Å². The molecule has 1 saturated carbocycles. The summed E-state index contributed by atoms with van der Waals surface area (Å²) in [6.07, 6.45) is 5.12. The van der Waals surface area contributed by atoms with Gasteiger partial charge in [-0.05, 0) is 49.9 Å². The second kappa shape index (κ2) is 7.25. The van der Waals surface area contributed by atoms with Gasteiger partial charge in [-0.2, -0.15) is 0 Å². The molecule has 1 unspecified atom stereocenters. The van der Waals surface area contributed by atoms with Gasteiger partial charge in [-0.1, -0.05) is 6.07 Å². The molecular formula is C14H21Cl2N3O. The van der Waals surface area contributed by atoms with Gasteiger partial charge in [0.05, 0.1) is 12.2 Å². The van der Waals surface area contributed by atoms with Crippen molar-refractivity contribution in [1.82, 2.24) is 15.6 Å². The Labute approximate surface area is 131 Å². The van der Waals surface area contributed by atoms with Crippen molar-refractivity contribution in [2.24, 2.45) is 11.3 Å². The van der Waals surface area contributed by atoms with Gasteiger partial charge >= 0.3 is 0 Å². The van der Waals surface area contributed by atoms with E-state index in [9.17, 15) is 4.79 Å².